The Hall–Kier alpha value is -2.54. The third-order valence-corrected chi connectivity index (χ3v) is 5.71. The molecule has 9 heteroatoms. The largest absolute Gasteiger partial charge is 0.494 e. The molecule has 6 nitrogen and oxygen atoms in total. The van der Waals surface area contributed by atoms with E-state index in [9.17, 15) is 14.7 Å². The Morgan fingerprint density at radius 2 is 1.68 bits per heavy atom. The van der Waals surface area contributed by atoms with Crippen molar-refractivity contribution in [2.75, 3.05) is 0 Å². The molecule has 1 heterocycles. The molecule has 0 bridgehead atoms. The molecule has 1 N–H and O–H groups in total. The zero-order valence-electron chi connectivity index (χ0n) is 16.8. The van der Waals surface area contributed by atoms with E-state index in [0.29, 0.717) is 6.42 Å². The van der Waals surface area contributed by atoms with E-state index >= 15 is 0 Å². The van der Waals surface area contributed by atoms with Crippen LogP contribution in [-0.4, -0.2) is 20.5 Å². The van der Waals surface area contributed by atoms with Crippen molar-refractivity contribution in [3.63, 3.8) is 0 Å². The summed E-state index contributed by atoms with van der Waals surface area (Å²) in [7, 11) is 0. The SMILES string of the molecule is CC(C)n1c(=O)c(C=Nc2cc(Cl)c(Cl)cc2Cl)c(O)n(CCc2ccccc2)c1=O. The van der Waals surface area contributed by atoms with Crippen molar-refractivity contribution in [3.05, 3.63) is 89.5 Å². The van der Waals surface area contributed by atoms with Gasteiger partial charge in [0.1, 0.15) is 5.56 Å². The molecule has 3 rings (SSSR count). The van der Waals surface area contributed by atoms with Gasteiger partial charge in [0.2, 0.25) is 5.88 Å². The number of aromatic nitrogens is 2. The summed E-state index contributed by atoms with van der Waals surface area (Å²) in [6.07, 6.45) is 1.68. The van der Waals surface area contributed by atoms with Gasteiger partial charge in [-0.1, -0.05) is 65.1 Å². The van der Waals surface area contributed by atoms with Crippen LogP contribution in [0.5, 0.6) is 5.88 Å². The topological polar surface area (TPSA) is 76.6 Å². The van der Waals surface area contributed by atoms with Crippen molar-refractivity contribution in [3.8, 4) is 5.88 Å². The molecule has 0 aliphatic rings. The summed E-state index contributed by atoms with van der Waals surface area (Å²) >= 11 is 18.1. The lowest BCUT2D eigenvalue weighted by molar-refractivity contribution is 0.381. The molecule has 0 spiro atoms. The monoisotopic (exact) mass is 479 g/mol. The number of nitrogens with zero attached hydrogens (tertiary/aromatic N) is 3. The minimum Gasteiger partial charge on any atom is -0.494 e. The van der Waals surface area contributed by atoms with Crippen molar-refractivity contribution >= 4 is 46.7 Å². The number of hydrogen-bond acceptors (Lipinski definition) is 4. The van der Waals surface area contributed by atoms with Gasteiger partial charge in [-0.25, -0.2) is 4.79 Å². The second-order valence-corrected chi connectivity index (χ2v) is 8.37. The molecule has 0 saturated carbocycles. The lowest BCUT2D eigenvalue weighted by Gasteiger charge is -2.16. The van der Waals surface area contributed by atoms with Gasteiger partial charge in [0, 0.05) is 18.8 Å². The Morgan fingerprint density at radius 1 is 1.03 bits per heavy atom. The molecule has 3 aromatic rings. The Morgan fingerprint density at radius 3 is 2.32 bits per heavy atom. The van der Waals surface area contributed by atoms with Gasteiger partial charge in [-0.2, -0.15) is 0 Å². The van der Waals surface area contributed by atoms with Gasteiger partial charge in [0.05, 0.1) is 20.8 Å². The van der Waals surface area contributed by atoms with Gasteiger partial charge in [-0.3, -0.25) is 18.9 Å². The number of halogens is 3. The summed E-state index contributed by atoms with van der Waals surface area (Å²) in [5.74, 6) is -0.456. The van der Waals surface area contributed by atoms with E-state index < -0.39 is 23.2 Å². The van der Waals surface area contributed by atoms with Crippen LogP contribution in [0.2, 0.25) is 15.1 Å². The predicted molar refractivity (Wildman–Crippen MR) is 126 cm³/mol. The highest BCUT2D eigenvalue weighted by Crippen LogP contribution is 2.34. The highest BCUT2D eigenvalue weighted by molar-refractivity contribution is 6.44. The van der Waals surface area contributed by atoms with E-state index in [-0.39, 0.29) is 32.9 Å². The second-order valence-electron chi connectivity index (χ2n) is 7.15. The van der Waals surface area contributed by atoms with Crippen molar-refractivity contribution in [1.82, 2.24) is 9.13 Å². The molecule has 0 saturated heterocycles. The van der Waals surface area contributed by atoms with Crippen LogP contribution in [-0.2, 0) is 13.0 Å². The van der Waals surface area contributed by atoms with Gasteiger partial charge in [0.15, 0.2) is 0 Å². The zero-order chi connectivity index (χ0) is 22.7. The van der Waals surface area contributed by atoms with Crippen LogP contribution >= 0.6 is 34.8 Å². The Kier molecular flexibility index (Phi) is 7.26. The normalized spacial score (nSPS) is 11.5. The number of benzene rings is 2. The van der Waals surface area contributed by atoms with Gasteiger partial charge < -0.3 is 5.11 Å². The predicted octanol–water partition coefficient (Wildman–Crippen LogP) is 5.25. The average Bonchev–Trinajstić information content (AvgIpc) is 2.71. The Bertz CT molecular complexity index is 1250. The number of aryl methyl sites for hydroxylation is 1. The van der Waals surface area contributed by atoms with E-state index in [1.807, 2.05) is 30.3 Å². The third kappa shape index (κ3) is 5.03. The van der Waals surface area contributed by atoms with Gasteiger partial charge >= 0.3 is 5.69 Å². The lowest BCUT2D eigenvalue weighted by atomic mass is 10.1. The summed E-state index contributed by atoms with van der Waals surface area (Å²) in [4.78, 5) is 30.0. The summed E-state index contributed by atoms with van der Waals surface area (Å²) in [5, 5.41) is 11.5. The lowest BCUT2D eigenvalue weighted by Crippen LogP contribution is -2.42. The fraction of sp³-hybridized carbons (Fsp3) is 0.227. The minimum absolute atomic E-state index is 0.122. The van der Waals surface area contributed by atoms with Crippen molar-refractivity contribution < 1.29 is 5.11 Å². The molecule has 0 aliphatic heterocycles. The highest BCUT2D eigenvalue weighted by atomic mass is 35.5. The van der Waals surface area contributed by atoms with Crippen LogP contribution in [0, 0.1) is 0 Å². The first kappa shape index (κ1) is 23.1. The highest BCUT2D eigenvalue weighted by Gasteiger charge is 2.19. The molecule has 0 fully saturated rings. The smallest absolute Gasteiger partial charge is 0.334 e. The first-order valence-corrected chi connectivity index (χ1v) is 10.6. The Labute approximate surface area is 194 Å². The maximum Gasteiger partial charge on any atom is 0.334 e. The van der Waals surface area contributed by atoms with Gasteiger partial charge in [0.25, 0.3) is 5.56 Å². The van der Waals surface area contributed by atoms with Crippen molar-refractivity contribution in [1.29, 1.82) is 0 Å². The van der Waals surface area contributed by atoms with Crippen LogP contribution < -0.4 is 11.2 Å². The first-order chi connectivity index (χ1) is 14.7. The summed E-state index contributed by atoms with van der Waals surface area (Å²) < 4.78 is 2.26. The number of hydrogen-bond donors (Lipinski definition) is 1. The molecular formula is C22H20Cl3N3O3. The van der Waals surface area contributed by atoms with Crippen LogP contribution in [0.15, 0.2) is 57.0 Å². The van der Waals surface area contributed by atoms with Crippen LogP contribution in [0.3, 0.4) is 0 Å². The minimum atomic E-state index is -0.645. The van der Waals surface area contributed by atoms with Crippen LogP contribution in [0.25, 0.3) is 0 Å². The number of rotatable bonds is 6. The molecular weight excluding hydrogens is 461 g/mol. The maximum absolute atomic E-state index is 12.9. The molecule has 1 aromatic heterocycles. The number of aliphatic imine (C=N–C) groups is 1. The summed E-state index contributed by atoms with van der Waals surface area (Å²) in [6, 6.07) is 12.0. The second kappa shape index (κ2) is 9.73. The van der Waals surface area contributed by atoms with Gasteiger partial charge in [-0.15, -0.1) is 0 Å². The van der Waals surface area contributed by atoms with Gasteiger partial charge in [-0.05, 0) is 38.0 Å². The van der Waals surface area contributed by atoms with Crippen LogP contribution in [0.1, 0.15) is 31.0 Å². The van der Waals surface area contributed by atoms with E-state index in [4.69, 9.17) is 34.8 Å². The molecule has 162 valence electrons. The fourth-order valence-electron chi connectivity index (χ4n) is 3.08. The molecule has 0 unspecified atom stereocenters. The molecule has 0 aliphatic carbocycles. The Balaban J connectivity index is 2.09. The standard InChI is InChI=1S/C22H20Cl3N3O3/c1-13(2)28-21(30)15(12-26-19-11-17(24)16(23)10-18(19)25)20(29)27(22(28)31)9-8-14-6-4-3-5-7-14/h3-7,10-13,29H,8-9H2,1-2H3. The van der Waals surface area contributed by atoms with Crippen molar-refractivity contribution in [2.24, 2.45) is 4.99 Å². The molecule has 0 atom stereocenters. The van der Waals surface area contributed by atoms with Crippen LogP contribution in [0.4, 0.5) is 5.69 Å². The zero-order valence-corrected chi connectivity index (χ0v) is 19.1. The summed E-state index contributed by atoms with van der Waals surface area (Å²) in [5.41, 5.74) is -0.0862. The number of aromatic hydroxyl groups is 1. The molecule has 0 amide bonds. The first-order valence-electron chi connectivity index (χ1n) is 9.51. The van der Waals surface area contributed by atoms with E-state index in [1.165, 1.54) is 22.9 Å². The molecule has 31 heavy (non-hydrogen) atoms. The van der Waals surface area contributed by atoms with Crippen molar-refractivity contribution in [2.45, 2.75) is 32.9 Å². The van der Waals surface area contributed by atoms with E-state index in [0.717, 1.165) is 10.1 Å². The third-order valence-electron chi connectivity index (χ3n) is 4.69. The van der Waals surface area contributed by atoms with E-state index in [2.05, 4.69) is 4.99 Å². The maximum atomic E-state index is 12.9. The summed E-state index contributed by atoms with van der Waals surface area (Å²) in [6.45, 7) is 3.63. The molecule has 0 radical (unpaired) electrons. The van der Waals surface area contributed by atoms with E-state index in [1.54, 1.807) is 13.8 Å². The fourth-order valence-corrected chi connectivity index (χ4v) is 3.67. The quantitative estimate of drug-likeness (QED) is 0.387. The average molecular weight is 481 g/mol. The molecule has 2 aromatic carbocycles.